The molecule has 1 amide bonds. The number of nitro groups is 1. The van der Waals surface area contributed by atoms with E-state index in [0.29, 0.717) is 11.4 Å². The number of hydrogen-bond acceptors (Lipinski definition) is 7. The molecule has 3 aromatic heterocycles. The molecule has 2 N–H and O–H groups in total. The van der Waals surface area contributed by atoms with Crippen LogP contribution in [-0.4, -0.2) is 30.6 Å². The van der Waals surface area contributed by atoms with Gasteiger partial charge in [-0.15, -0.1) is 11.3 Å². The number of nitrogens with zero attached hydrogens (tertiary/aromatic N) is 4. The van der Waals surface area contributed by atoms with Crippen LogP contribution in [0.3, 0.4) is 0 Å². The van der Waals surface area contributed by atoms with Gasteiger partial charge in [0.05, 0.1) is 15.5 Å². The summed E-state index contributed by atoms with van der Waals surface area (Å²) < 4.78 is 1.34. The van der Waals surface area contributed by atoms with Crippen LogP contribution < -0.4 is 10.9 Å². The molecular formula is C25H18N6O4S. The molecule has 5 rings (SSSR count). The molecule has 0 atom stereocenters. The SMILES string of the molecule is Cc1c(C(=O)Nc2cc(-c3cccs3)nn2-c2nc(-c3ccccc3)cc(=O)[nH]2)cccc1[N+](=O)[O-]. The Balaban J connectivity index is 1.60. The minimum atomic E-state index is -0.559. The summed E-state index contributed by atoms with van der Waals surface area (Å²) in [5.41, 5.74) is 1.58. The maximum atomic E-state index is 13.2. The normalized spacial score (nSPS) is 10.8. The van der Waals surface area contributed by atoms with Gasteiger partial charge >= 0.3 is 0 Å². The fraction of sp³-hybridized carbons (Fsp3) is 0.0400. The van der Waals surface area contributed by atoms with Gasteiger partial charge in [0.1, 0.15) is 11.5 Å². The van der Waals surface area contributed by atoms with E-state index in [2.05, 4.69) is 20.4 Å². The molecule has 5 aromatic rings. The fourth-order valence-electron chi connectivity index (χ4n) is 3.73. The van der Waals surface area contributed by atoms with Crippen molar-refractivity contribution in [2.45, 2.75) is 6.92 Å². The minimum absolute atomic E-state index is 0.107. The van der Waals surface area contributed by atoms with Gasteiger partial charge in [-0.05, 0) is 24.4 Å². The summed E-state index contributed by atoms with van der Waals surface area (Å²) >= 11 is 1.46. The Kier molecular flexibility index (Phi) is 5.97. The number of H-pyrrole nitrogens is 1. The highest BCUT2D eigenvalue weighted by atomic mass is 32.1. The number of carbonyl (C=O) groups is 1. The maximum absolute atomic E-state index is 13.2. The van der Waals surface area contributed by atoms with Crippen molar-refractivity contribution in [2.75, 3.05) is 5.32 Å². The van der Waals surface area contributed by atoms with Crippen LogP contribution >= 0.6 is 11.3 Å². The zero-order valence-electron chi connectivity index (χ0n) is 18.8. The standard InChI is InChI=1S/C25H18N6O4S/c1-15-17(9-5-10-20(15)31(34)35)24(33)27-22-13-19(21-11-6-12-36-21)29-30(22)25-26-18(14-23(32)28-25)16-7-3-2-4-8-16/h2-14H,1H3,(H,27,33)(H,26,28,32). The van der Waals surface area contributed by atoms with Gasteiger partial charge in [-0.25, -0.2) is 4.98 Å². The fourth-order valence-corrected chi connectivity index (χ4v) is 4.41. The highest BCUT2D eigenvalue weighted by molar-refractivity contribution is 7.13. The molecule has 0 aliphatic heterocycles. The predicted molar refractivity (Wildman–Crippen MR) is 137 cm³/mol. The Morgan fingerprint density at radius 3 is 2.58 bits per heavy atom. The monoisotopic (exact) mass is 498 g/mol. The molecule has 0 saturated carbocycles. The number of thiophene rings is 1. The van der Waals surface area contributed by atoms with Gasteiger partial charge in [0, 0.05) is 34.9 Å². The molecule has 0 radical (unpaired) electrons. The molecule has 36 heavy (non-hydrogen) atoms. The van der Waals surface area contributed by atoms with E-state index in [9.17, 15) is 19.7 Å². The highest BCUT2D eigenvalue weighted by Crippen LogP contribution is 2.29. The Bertz CT molecular complexity index is 1640. The number of anilines is 1. The van der Waals surface area contributed by atoms with E-state index in [1.165, 1.54) is 47.2 Å². The van der Waals surface area contributed by atoms with Crippen molar-refractivity contribution in [1.29, 1.82) is 0 Å². The van der Waals surface area contributed by atoms with E-state index < -0.39 is 10.8 Å². The van der Waals surface area contributed by atoms with Crippen LogP contribution in [0.1, 0.15) is 15.9 Å². The summed E-state index contributed by atoms with van der Waals surface area (Å²) in [5, 5.41) is 20.6. The maximum Gasteiger partial charge on any atom is 0.273 e. The van der Waals surface area contributed by atoms with E-state index in [4.69, 9.17) is 0 Å². The summed E-state index contributed by atoms with van der Waals surface area (Å²) in [4.78, 5) is 44.6. The van der Waals surface area contributed by atoms with E-state index >= 15 is 0 Å². The van der Waals surface area contributed by atoms with Crippen LogP contribution in [0.25, 0.3) is 27.8 Å². The van der Waals surface area contributed by atoms with E-state index in [1.54, 1.807) is 6.07 Å². The first-order valence-electron chi connectivity index (χ1n) is 10.8. The smallest absolute Gasteiger partial charge is 0.273 e. The van der Waals surface area contributed by atoms with E-state index in [1.807, 2.05) is 47.8 Å². The molecule has 0 spiro atoms. The first-order valence-corrected chi connectivity index (χ1v) is 11.6. The van der Waals surface area contributed by atoms with Crippen molar-refractivity contribution in [3.05, 3.63) is 110 Å². The highest BCUT2D eigenvalue weighted by Gasteiger charge is 2.21. The molecule has 0 aliphatic rings. The molecular weight excluding hydrogens is 480 g/mol. The lowest BCUT2D eigenvalue weighted by atomic mass is 10.1. The van der Waals surface area contributed by atoms with Crippen LogP contribution in [-0.2, 0) is 0 Å². The van der Waals surface area contributed by atoms with Crippen LogP contribution in [0, 0.1) is 17.0 Å². The van der Waals surface area contributed by atoms with Crippen molar-refractivity contribution >= 4 is 28.7 Å². The van der Waals surface area contributed by atoms with E-state index in [-0.39, 0.29) is 34.1 Å². The molecule has 3 heterocycles. The zero-order chi connectivity index (χ0) is 25.2. The number of nitrogens with one attached hydrogen (secondary N) is 2. The number of rotatable bonds is 6. The van der Waals surface area contributed by atoms with Crippen LogP contribution in [0.2, 0.25) is 0 Å². The molecule has 10 nitrogen and oxygen atoms in total. The quantitative estimate of drug-likeness (QED) is 0.254. The summed E-state index contributed by atoms with van der Waals surface area (Å²) in [5.74, 6) is -0.213. The summed E-state index contributed by atoms with van der Waals surface area (Å²) in [6.07, 6.45) is 0. The van der Waals surface area contributed by atoms with Crippen molar-refractivity contribution in [3.63, 3.8) is 0 Å². The molecule has 2 aromatic carbocycles. The number of nitro benzene ring substituents is 1. The Labute approximate surface area is 208 Å². The molecule has 0 fully saturated rings. The first-order chi connectivity index (χ1) is 17.4. The van der Waals surface area contributed by atoms with Gasteiger partial charge in [0.25, 0.3) is 17.2 Å². The second-order valence-electron chi connectivity index (χ2n) is 7.79. The second kappa shape index (κ2) is 9.39. The topological polar surface area (TPSA) is 136 Å². The van der Waals surface area contributed by atoms with Crippen LogP contribution in [0.4, 0.5) is 11.5 Å². The zero-order valence-corrected chi connectivity index (χ0v) is 19.7. The lowest BCUT2D eigenvalue weighted by molar-refractivity contribution is -0.385. The van der Waals surface area contributed by atoms with Gasteiger partial charge in [-0.3, -0.25) is 24.7 Å². The lowest BCUT2D eigenvalue weighted by Gasteiger charge is -2.10. The minimum Gasteiger partial charge on any atom is -0.306 e. The average Bonchev–Trinajstić information content (AvgIpc) is 3.54. The number of benzene rings is 2. The first kappa shape index (κ1) is 22.9. The third-order valence-electron chi connectivity index (χ3n) is 5.47. The third kappa shape index (κ3) is 4.42. The second-order valence-corrected chi connectivity index (χ2v) is 8.73. The average molecular weight is 499 g/mol. The molecule has 0 unspecified atom stereocenters. The summed E-state index contributed by atoms with van der Waals surface area (Å²) in [7, 11) is 0. The largest absolute Gasteiger partial charge is 0.306 e. The predicted octanol–water partition coefficient (Wildman–Crippen LogP) is 4.82. The Hall–Kier alpha value is -4.90. The Morgan fingerprint density at radius 2 is 1.86 bits per heavy atom. The lowest BCUT2D eigenvalue weighted by Crippen LogP contribution is -2.19. The molecule has 178 valence electrons. The summed E-state index contributed by atoms with van der Waals surface area (Å²) in [6, 6.07) is 20.3. The van der Waals surface area contributed by atoms with Gasteiger partial charge in [-0.2, -0.15) is 9.78 Å². The van der Waals surface area contributed by atoms with Crippen LogP contribution in [0.15, 0.2) is 83.0 Å². The molecule has 11 heteroatoms. The van der Waals surface area contributed by atoms with Gasteiger partial charge < -0.3 is 5.32 Å². The third-order valence-corrected chi connectivity index (χ3v) is 6.36. The summed E-state index contributed by atoms with van der Waals surface area (Å²) in [6.45, 7) is 1.52. The van der Waals surface area contributed by atoms with Crippen LogP contribution in [0.5, 0.6) is 0 Å². The van der Waals surface area contributed by atoms with E-state index in [0.717, 1.165) is 10.4 Å². The number of aromatic nitrogens is 4. The van der Waals surface area contributed by atoms with Gasteiger partial charge in [0.15, 0.2) is 0 Å². The van der Waals surface area contributed by atoms with Crippen molar-refractivity contribution in [3.8, 4) is 27.8 Å². The van der Waals surface area contributed by atoms with Gasteiger partial charge in [0.2, 0.25) is 5.95 Å². The number of aromatic amines is 1. The van der Waals surface area contributed by atoms with Gasteiger partial charge in [-0.1, -0.05) is 42.5 Å². The molecule has 0 aliphatic carbocycles. The van der Waals surface area contributed by atoms with Crippen molar-refractivity contribution < 1.29 is 9.72 Å². The Morgan fingerprint density at radius 1 is 1.06 bits per heavy atom. The number of hydrogen-bond donors (Lipinski definition) is 2. The van der Waals surface area contributed by atoms with Crippen molar-refractivity contribution in [2.24, 2.45) is 0 Å². The number of carbonyl (C=O) groups excluding carboxylic acids is 1. The van der Waals surface area contributed by atoms with Crippen molar-refractivity contribution in [1.82, 2.24) is 19.7 Å². The molecule has 0 bridgehead atoms. The molecule has 0 saturated heterocycles. The number of amides is 1.